The number of hydrogen-bond donors (Lipinski definition) is 1. The van der Waals surface area contributed by atoms with Crippen molar-refractivity contribution in [3.63, 3.8) is 0 Å². The van der Waals surface area contributed by atoms with Crippen molar-refractivity contribution >= 4 is 22.4 Å². The van der Waals surface area contributed by atoms with Crippen LogP contribution in [-0.2, 0) is 5.41 Å². The molecule has 3 rings (SSSR count). The van der Waals surface area contributed by atoms with Gasteiger partial charge in [0, 0.05) is 43.2 Å². The van der Waals surface area contributed by atoms with Crippen LogP contribution in [0, 0.1) is 6.92 Å². The summed E-state index contributed by atoms with van der Waals surface area (Å²) in [5, 5.41) is 3.11. The summed E-state index contributed by atoms with van der Waals surface area (Å²) >= 11 is 1.69. The smallest absolute Gasteiger partial charge is 0.191 e. The van der Waals surface area contributed by atoms with Crippen LogP contribution < -0.4 is 10.6 Å². The first-order valence-electron chi connectivity index (χ1n) is 8.72. The van der Waals surface area contributed by atoms with Crippen LogP contribution in [-0.4, -0.2) is 48.6 Å². The van der Waals surface area contributed by atoms with Crippen LogP contribution in [0.15, 0.2) is 40.8 Å². The first kappa shape index (κ1) is 17.7. The van der Waals surface area contributed by atoms with Gasteiger partial charge < -0.3 is 15.5 Å². The van der Waals surface area contributed by atoms with E-state index in [2.05, 4.69) is 59.8 Å². The average Bonchev–Trinajstić information content (AvgIpc) is 3.15. The molecule has 0 saturated carbocycles. The molecule has 0 aliphatic carbocycles. The number of nitrogens with zero attached hydrogens (tertiary/aromatic N) is 4. The number of piperazine rings is 1. The minimum Gasteiger partial charge on any atom is -0.370 e. The normalized spacial score (nSPS) is 16.4. The van der Waals surface area contributed by atoms with Crippen molar-refractivity contribution in [3.8, 4) is 0 Å². The van der Waals surface area contributed by atoms with Gasteiger partial charge in [-0.3, -0.25) is 4.99 Å². The molecule has 25 heavy (non-hydrogen) atoms. The number of rotatable bonds is 4. The highest BCUT2D eigenvalue weighted by atomic mass is 32.1. The van der Waals surface area contributed by atoms with Crippen LogP contribution in [0.5, 0.6) is 0 Å². The molecular weight excluding hydrogens is 330 g/mol. The van der Waals surface area contributed by atoms with E-state index in [1.54, 1.807) is 11.3 Å². The third-order valence-electron chi connectivity index (χ3n) is 4.76. The molecule has 0 amide bonds. The summed E-state index contributed by atoms with van der Waals surface area (Å²) in [6.07, 6.45) is 1.86. The minimum atomic E-state index is -0.0268. The van der Waals surface area contributed by atoms with Gasteiger partial charge in [0.2, 0.25) is 0 Å². The van der Waals surface area contributed by atoms with E-state index in [0.29, 0.717) is 12.5 Å². The molecular formula is C19H27N5S. The highest BCUT2D eigenvalue weighted by molar-refractivity contribution is 7.13. The second-order valence-corrected chi connectivity index (χ2v) is 8.09. The molecule has 0 spiro atoms. The zero-order chi connectivity index (χ0) is 17.9. The van der Waals surface area contributed by atoms with E-state index < -0.39 is 0 Å². The van der Waals surface area contributed by atoms with Gasteiger partial charge in [0.25, 0.3) is 0 Å². The number of aliphatic imine (C=N–C) groups is 1. The molecule has 1 aromatic heterocycles. The fraction of sp³-hybridized carbons (Fsp3) is 0.474. The summed E-state index contributed by atoms with van der Waals surface area (Å²) in [4.78, 5) is 13.6. The zero-order valence-electron chi connectivity index (χ0n) is 15.3. The van der Waals surface area contributed by atoms with Gasteiger partial charge in [0.05, 0.1) is 6.54 Å². The first-order chi connectivity index (χ1) is 12.0. The summed E-state index contributed by atoms with van der Waals surface area (Å²) < 4.78 is 0. The van der Waals surface area contributed by atoms with Crippen LogP contribution in [0.1, 0.15) is 25.0 Å². The molecule has 1 saturated heterocycles. The Labute approximate surface area is 154 Å². The Morgan fingerprint density at radius 3 is 2.48 bits per heavy atom. The molecule has 2 aromatic rings. The molecule has 0 unspecified atom stereocenters. The molecule has 1 aromatic carbocycles. The number of hydrogen-bond acceptors (Lipinski definition) is 4. The van der Waals surface area contributed by atoms with Crippen molar-refractivity contribution in [3.05, 3.63) is 47.0 Å². The molecule has 1 aliphatic heterocycles. The Balaban J connectivity index is 1.57. The Kier molecular flexibility index (Phi) is 5.27. The van der Waals surface area contributed by atoms with Gasteiger partial charge >= 0.3 is 0 Å². The Bertz CT molecular complexity index is 698. The lowest BCUT2D eigenvalue weighted by Gasteiger charge is -2.35. The largest absolute Gasteiger partial charge is 0.370 e. The molecule has 6 heteroatoms. The molecule has 2 heterocycles. The lowest BCUT2D eigenvalue weighted by molar-refractivity contribution is 0.378. The van der Waals surface area contributed by atoms with Crippen LogP contribution in [0.4, 0.5) is 5.13 Å². The molecule has 134 valence electrons. The van der Waals surface area contributed by atoms with Crippen molar-refractivity contribution in [1.29, 1.82) is 0 Å². The predicted molar refractivity (Wildman–Crippen MR) is 107 cm³/mol. The van der Waals surface area contributed by atoms with Crippen molar-refractivity contribution < 1.29 is 0 Å². The van der Waals surface area contributed by atoms with Gasteiger partial charge in [-0.2, -0.15) is 0 Å². The second-order valence-electron chi connectivity index (χ2n) is 7.21. The Morgan fingerprint density at radius 2 is 1.88 bits per heavy atom. The molecule has 1 aliphatic rings. The Hall–Kier alpha value is -2.08. The maximum Gasteiger partial charge on any atom is 0.191 e. The van der Waals surface area contributed by atoms with E-state index in [1.165, 1.54) is 11.1 Å². The molecule has 0 bridgehead atoms. The summed E-state index contributed by atoms with van der Waals surface area (Å²) in [7, 11) is 0. The summed E-state index contributed by atoms with van der Waals surface area (Å²) in [5.74, 6) is 0.652. The van der Waals surface area contributed by atoms with Crippen molar-refractivity contribution in [2.75, 3.05) is 37.6 Å². The van der Waals surface area contributed by atoms with Gasteiger partial charge in [-0.15, -0.1) is 11.3 Å². The lowest BCUT2D eigenvalue weighted by Crippen LogP contribution is -2.51. The predicted octanol–water partition coefficient (Wildman–Crippen LogP) is 2.87. The number of guanidine groups is 1. The van der Waals surface area contributed by atoms with Crippen molar-refractivity contribution in [1.82, 2.24) is 9.88 Å². The SMILES string of the molecule is Cc1ccc(C(C)(C)CN=C(N)N2CCN(c3nccs3)CC2)cc1. The van der Waals surface area contributed by atoms with E-state index in [0.717, 1.165) is 31.3 Å². The van der Waals surface area contributed by atoms with E-state index in [1.807, 2.05) is 11.6 Å². The molecule has 2 N–H and O–H groups in total. The monoisotopic (exact) mass is 357 g/mol. The molecule has 0 radical (unpaired) electrons. The van der Waals surface area contributed by atoms with E-state index in [9.17, 15) is 0 Å². The fourth-order valence-corrected chi connectivity index (χ4v) is 3.67. The third-order valence-corrected chi connectivity index (χ3v) is 5.60. The van der Waals surface area contributed by atoms with Crippen LogP contribution in [0.25, 0.3) is 0 Å². The maximum atomic E-state index is 6.27. The maximum absolute atomic E-state index is 6.27. The van der Waals surface area contributed by atoms with Crippen LogP contribution >= 0.6 is 11.3 Å². The third kappa shape index (κ3) is 4.31. The zero-order valence-corrected chi connectivity index (χ0v) is 16.1. The topological polar surface area (TPSA) is 57.8 Å². The quantitative estimate of drug-likeness (QED) is 0.675. The number of aromatic nitrogens is 1. The number of thiazole rings is 1. The highest BCUT2D eigenvalue weighted by Crippen LogP contribution is 2.24. The molecule has 1 fully saturated rings. The van der Waals surface area contributed by atoms with E-state index in [-0.39, 0.29) is 5.41 Å². The number of nitrogens with two attached hydrogens (primary N) is 1. The van der Waals surface area contributed by atoms with Gasteiger partial charge in [0.1, 0.15) is 0 Å². The first-order valence-corrected chi connectivity index (χ1v) is 9.60. The second kappa shape index (κ2) is 7.44. The summed E-state index contributed by atoms with van der Waals surface area (Å²) in [6, 6.07) is 8.69. The minimum absolute atomic E-state index is 0.0268. The van der Waals surface area contributed by atoms with Gasteiger partial charge in [0.15, 0.2) is 11.1 Å². The average molecular weight is 358 g/mol. The van der Waals surface area contributed by atoms with Crippen molar-refractivity contribution in [2.24, 2.45) is 10.7 Å². The van der Waals surface area contributed by atoms with Gasteiger partial charge in [-0.05, 0) is 12.5 Å². The fourth-order valence-electron chi connectivity index (χ4n) is 2.97. The van der Waals surface area contributed by atoms with Crippen LogP contribution in [0.3, 0.4) is 0 Å². The Morgan fingerprint density at radius 1 is 1.20 bits per heavy atom. The molecule has 5 nitrogen and oxygen atoms in total. The van der Waals surface area contributed by atoms with E-state index >= 15 is 0 Å². The van der Waals surface area contributed by atoms with Crippen molar-refractivity contribution in [2.45, 2.75) is 26.2 Å². The van der Waals surface area contributed by atoms with Crippen LogP contribution in [0.2, 0.25) is 0 Å². The van der Waals surface area contributed by atoms with Gasteiger partial charge in [-0.25, -0.2) is 4.98 Å². The number of anilines is 1. The standard InChI is InChI=1S/C19H27N5S/c1-15-4-6-16(7-5-15)19(2,3)14-22-17(20)23-9-11-24(12-10-23)18-21-8-13-25-18/h4-8,13H,9-12,14H2,1-3H3,(H2,20,22). The summed E-state index contributed by atoms with van der Waals surface area (Å²) in [5.41, 5.74) is 8.81. The highest BCUT2D eigenvalue weighted by Gasteiger charge is 2.23. The number of benzene rings is 1. The number of aryl methyl sites for hydroxylation is 1. The van der Waals surface area contributed by atoms with E-state index in [4.69, 9.17) is 10.7 Å². The molecule has 0 atom stereocenters. The summed E-state index contributed by atoms with van der Waals surface area (Å²) in [6.45, 7) is 10.9. The lowest BCUT2D eigenvalue weighted by atomic mass is 9.84. The van der Waals surface area contributed by atoms with Gasteiger partial charge in [-0.1, -0.05) is 43.7 Å².